The van der Waals surface area contributed by atoms with Gasteiger partial charge in [0.2, 0.25) is 0 Å². The van der Waals surface area contributed by atoms with Gasteiger partial charge in [0.15, 0.2) is 5.78 Å². The first-order chi connectivity index (χ1) is 9.58. The van der Waals surface area contributed by atoms with Crippen LogP contribution in [0.5, 0.6) is 0 Å². The highest BCUT2D eigenvalue weighted by atomic mass is 79.9. The number of aromatic amines is 1. The third-order valence-corrected chi connectivity index (χ3v) is 4.38. The normalized spacial score (nSPS) is 10.9. The summed E-state index contributed by atoms with van der Waals surface area (Å²) >= 11 is 3.44. The number of carbonyl (C=O) groups is 1. The second kappa shape index (κ2) is 4.87. The molecule has 0 atom stereocenters. The summed E-state index contributed by atoms with van der Waals surface area (Å²) in [5, 5.41) is 0.600. The number of fused-ring (bicyclic) bond motifs is 1. The zero-order valence-electron chi connectivity index (χ0n) is 10.7. The molecular formula is C16H11BrFNO. The largest absolute Gasteiger partial charge is 0.360 e. The molecule has 0 aliphatic carbocycles. The highest BCUT2D eigenvalue weighted by molar-refractivity contribution is 9.10. The Hall–Kier alpha value is -1.94. The smallest absolute Gasteiger partial charge is 0.196 e. The summed E-state index contributed by atoms with van der Waals surface area (Å²) in [4.78, 5) is 15.6. The fourth-order valence-electron chi connectivity index (χ4n) is 2.25. The van der Waals surface area contributed by atoms with Crippen molar-refractivity contribution in [3.8, 4) is 0 Å². The van der Waals surface area contributed by atoms with Crippen LogP contribution >= 0.6 is 15.9 Å². The molecular weight excluding hydrogens is 321 g/mol. The summed E-state index contributed by atoms with van der Waals surface area (Å²) < 4.78 is 14.1. The van der Waals surface area contributed by atoms with E-state index in [4.69, 9.17) is 0 Å². The van der Waals surface area contributed by atoms with E-state index in [2.05, 4.69) is 20.9 Å². The maximum atomic E-state index is 13.4. The predicted molar refractivity (Wildman–Crippen MR) is 80.6 cm³/mol. The van der Waals surface area contributed by atoms with Gasteiger partial charge in [0.25, 0.3) is 0 Å². The molecule has 0 unspecified atom stereocenters. The van der Waals surface area contributed by atoms with E-state index in [0.717, 1.165) is 15.6 Å². The van der Waals surface area contributed by atoms with Crippen LogP contribution in [-0.4, -0.2) is 10.8 Å². The highest BCUT2D eigenvalue weighted by Crippen LogP contribution is 2.27. The number of ketones is 1. The van der Waals surface area contributed by atoms with Crippen molar-refractivity contribution in [1.29, 1.82) is 0 Å². The average molecular weight is 332 g/mol. The van der Waals surface area contributed by atoms with Gasteiger partial charge in [0, 0.05) is 32.7 Å². The number of nitrogens with one attached hydrogen (secondary N) is 1. The summed E-state index contributed by atoms with van der Waals surface area (Å²) in [5.74, 6) is -0.480. The van der Waals surface area contributed by atoms with E-state index in [1.54, 1.807) is 18.3 Å². The highest BCUT2D eigenvalue weighted by Gasteiger charge is 2.17. The number of halogens is 2. The summed E-state index contributed by atoms with van der Waals surface area (Å²) in [6.07, 6.45) is 1.63. The second-order valence-corrected chi connectivity index (χ2v) is 5.45. The minimum Gasteiger partial charge on any atom is -0.360 e. The molecule has 0 bridgehead atoms. The fourth-order valence-corrected chi connectivity index (χ4v) is 2.69. The molecule has 0 saturated carbocycles. The molecule has 0 amide bonds. The number of carbonyl (C=O) groups excluding carboxylic acids is 1. The Balaban J connectivity index is 2.18. The van der Waals surface area contributed by atoms with Gasteiger partial charge in [0.05, 0.1) is 0 Å². The number of rotatable bonds is 2. The van der Waals surface area contributed by atoms with Gasteiger partial charge >= 0.3 is 0 Å². The molecule has 1 heterocycles. The summed E-state index contributed by atoms with van der Waals surface area (Å²) in [7, 11) is 0. The molecule has 0 aliphatic rings. The average Bonchev–Trinajstić information content (AvgIpc) is 2.84. The van der Waals surface area contributed by atoms with Crippen molar-refractivity contribution in [3.05, 3.63) is 69.6 Å². The van der Waals surface area contributed by atoms with E-state index in [1.165, 1.54) is 12.1 Å². The maximum Gasteiger partial charge on any atom is 0.196 e. The van der Waals surface area contributed by atoms with Crippen molar-refractivity contribution in [3.63, 3.8) is 0 Å². The van der Waals surface area contributed by atoms with Crippen molar-refractivity contribution in [2.75, 3.05) is 0 Å². The molecule has 0 saturated heterocycles. The van der Waals surface area contributed by atoms with Crippen LogP contribution in [0, 0.1) is 12.7 Å². The van der Waals surface area contributed by atoms with Gasteiger partial charge in [0.1, 0.15) is 5.82 Å². The van der Waals surface area contributed by atoms with E-state index < -0.39 is 0 Å². The van der Waals surface area contributed by atoms with Crippen LogP contribution in [0.1, 0.15) is 21.5 Å². The Kier molecular flexibility index (Phi) is 3.18. The number of aryl methyl sites for hydroxylation is 1. The number of hydrogen-bond acceptors (Lipinski definition) is 1. The topological polar surface area (TPSA) is 32.9 Å². The quantitative estimate of drug-likeness (QED) is 0.683. The van der Waals surface area contributed by atoms with Crippen molar-refractivity contribution in [2.24, 2.45) is 0 Å². The molecule has 100 valence electrons. The molecule has 1 aromatic heterocycles. The van der Waals surface area contributed by atoms with Crippen molar-refractivity contribution < 1.29 is 9.18 Å². The van der Waals surface area contributed by atoms with Gasteiger partial charge in [-0.3, -0.25) is 4.79 Å². The molecule has 2 aromatic carbocycles. The van der Waals surface area contributed by atoms with E-state index >= 15 is 0 Å². The minimum absolute atomic E-state index is 0.127. The summed E-state index contributed by atoms with van der Waals surface area (Å²) in [6.45, 7) is 1.93. The van der Waals surface area contributed by atoms with Gasteiger partial charge in [-0.1, -0.05) is 12.1 Å². The monoisotopic (exact) mass is 331 g/mol. The van der Waals surface area contributed by atoms with E-state index in [1.807, 2.05) is 19.1 Å². The zero-order valence-corrected chi connectivity index (χ0v) is 12.3. The molecule has 0 fully saturated rings. The lowest BCUT2D eigenvalue weighted by molar-refractivity contribution is 0.103. The fraction of sp³-hybridized carbons (Fsp3) is 0.0625. The summed E-state index contributed by atoms with van der Waals surface area (Å²) in [6, 6.07) is 9.90. The minimum atomic E-state index is -0.352. The van der Waals surface area contributed by atoms with Gasteiger partial charge in [-0.25, -0.2) is 4.39 Å². The van der Waals surface area contributed by atoms with Gasteiger partial charge in [-0.15, -0.1) is 0 Å². The first kappa shape index (κ1) is 13.1. The van der Waals surface area contributed by atoms with Crippen LogP contribution in [0.2, 0.25) is 0 Å². The SMILES string of the molecule is Cc1cccc(C(=O)c2c[nH]c3ccc(F)cc23)c1Br. The second-order valence-electron chi connectivity index (χ2n) is 4.66. The molecule has 0 aliphatic heterocycles. The van der Waals surface area contributed by atoms with Crippen LogP contribution in [0.3, 0.4) is 0 Å². The van der Waals surface area contributed by atoms with Crippen molar-refractivity contribution in [2.45, 2.75) is 6.92 Å². The van der Waals surface area contributed by atoms with Gasteiger partial charge in [-0.05, 0) is 52.7 Å². The first-order valence-corrected chi connectivity index (χ1v) is 6.93. The third kappa shape index (κ3) is 2.06. The zero-order chi connectivity index (χ0) is 14.3. The predicted octanol–water partition coefficient (Wildman–Crippen LogP) is 4.61. The van der Waals surface area contributed by atoms with Crippen LogP contribution in [-0.2, 0) is 0 Å². The molecule has 3 aromatic rings. The lowest BCUT2D eigenvalue weighted by Gasteiger charge is -2.05. The number of hydrogen-bond donors (Lipinski definition) is 1. The molecule has 0 radical (unpaired) electrons. The Bertz CT molecular complexity index is 822. The summed E-state index contributed by atoms with van der Waals surface area (Å²) in [5.41, 5.74) is 2.79. The Morgan fingerprint density at radius 1 is 1.20 bits per heavy atom. The standard InChI is InChI=1S/C16H11BrFNO/c1-9-3-2-4-11(15(9)17)16(20)13-8-19-14-6-5-10(18)7-12(13)14/h2-8,19H,1H3. The molecule has 20 heavy (non-hydrogen) atoms. The molecule has 4 heteroatoms. The lowest BCUT2D eigenvalue weighted by atomic mass is 10.0. The van der Waals surface area contributed by atoms with Crippen LogP contribution in [0.4, 0.5) is 4.39 Å². The Morgan fingerprint density at radius 2 is 2.00 bits per heavy atom. The van der Waals surface area contributed by atoms with E-state index in [9.17, 15) is 9.18 Å². The number of H-pyrrole nitrogens is 1. The Labute approximate surface area is 123 Å². The van der Waals surface area contributed by atoms with Crippen LogP contribution < -0.4 is 0 Å². The molecule has 0 spiro atoms. The first-order valence-electron chi connectivity index (χ1n) is 6.14. The Morgan fingerprint density at radius 3 is 2.80 bits per heavy atom. The van der Waals surface area contributed by atoms with Crippen LogP contribution in [0.15, 0.2) is 47.1 Å². The maximum absolute atomic E-state index is 13.4. The molecule has 2 nitrogen and oxygen atoms in total. The molecule has 1 N–H and O–H groups in total. The van der Waals surface area contributed by atoms with Crippen LogP contribution in [0.25, 0.3) is 10.9 Å². The third-order valence-electron chi connectivity index (χ3n) is 3.32. The van der Waals surface area contributed by atoms with E-state index in [0.29, 0.717) is 16.5 Å². The van der Waals surface area contributed by atoms with Crippen molar-refractivity contribution >= 4 is 32.6 Å². The van der Waals surface area contributed by atoms with Gasteiger partial charge in [-0.2, -0.15) is 0 Å². The van der Waals surface area contributed by atoms with E-state index in [-0.39, 0.29) is 11.6 Å². The number of benzene rings is 2. The van der Waals surface area contributed by atoms with Gasteiger partial charge < -0.3 is 4.98 Å². The number of aromatic nitrogens is 1. The van der Waals surface area contributed by atoms with Crippen molar-refractivity contribution in [1.82, 2.24) is 4.98 Å². The molecule has 3 rings (SSSR count). The lowest BCUT2D eigenvalue weighted by Crippen LogP contribution is -2.02.